The van der Waals surface area contributed by atoms with Crippen molar-refractivity contribution >= 4 is 0 Å². The van der Waals surface area contributed by atoms with Crippen molar-refractivity contribution < 1.29 is 0 Å². The highest BCUT2D eigenvalue weighted by molar-refractivity contribution is 4.93. The quantitative estimate of drug-likeness (QED) is 0.367. The van der Waals surface area contributed by atoms with Crippen molar-refractivity contribution in [3.05, 3.63) is 25.1 Å². The van der Waals surface area contributed by atoms with E-state index in [0.717, 1.165) is 18.5 Å². The van der Waals surface area contributed by atoms with Crippen LogP contribution in [0, 0.1) is 0 Å². The molecule has 0 saturated carbocycles. The molecule has 0 saturated heterocycles. The number of allylic oxidation sites excluding steroid dienone is 1. The third kappa shape index (κ3) is 12.3. The molecule has 0 fully saturated rings. The molecular formula is C8H19N3. The Kier molecular flexibility index (Phi) is 10.4. The summed E-state index contributed by atoms with van der Waals surface area (Å²) in [7, 11) is 1.75. The summed E-state index contributed by atoms with van der Waals surface area (Å²) in [6.45, 7) is 8.08. The van der Waals surface area contributed by atoms with Crippen molar-refractivity contribution in [1.29, 1.82) is 0 Å². The van der Waals surface area contributed by atoms with Gasteiger partial charge in [-0.1, -0.05) is 13.3 Å². The van der Waals surface area contributed by atoms with Crippen molar-refractivity contribution in [2.45, 2.75) is 19.8 Å². The van der Waals surface area contributed by atoms with Crippen LogP contribution in [0.4, 0.5) is 0 Å². The fraction of sp³-hybridized carbons (Fsp3) is 0.500. The molecule has 0 heterocycles. The second kappa shape index (κ2) is 9.04. The molecule has 0 aromatic rings. The largest absolute Gasteiger partial charge is 0.401 e. The van der Waals surface area contributed by atoms with Crippen LogP contribution >= 0.6 is 0 Å². The Balaban J connectivity index is 0. The standard InChI is InChI=1S/C6H15N3.C2H4/c1-3-4-6(7)5-9(2)8;1-2/h5H,3-4,7-8H2,1-2H3;1-2H2/b6-5-;. The lowest BCUT2D eigenvalue weighted by Gasteiger charge is -2.05. The third-order valence-electron chi connectivity index (χ3n) is 0.908. The summed E-state index contributed by atoms with van der Waals surface area (Å²) in [6.07, 6.45) is 3.71. The molecule has 0 unspecified atom stereocenters. The topological polar surface area (TPSA) is 55.3 Å². The van der Waals surface area contributed by atoms with Crippen LogP contribution in [0.25, 0.3) is 0 Å². The predicted molar refractivity (Wildman–Crippen MR) is 50.4 cm³/mol. The molecule has 0 amide bonds. The summed E-state index contributed by atoms with van der Waals surface area (Å²) < 4.78 is 0. The van der Waals surface area contributed by atoms with Crippen LogP contribution < -0.4 is 11.6 Å². The first-order chi connectivity index (χ1) is 5.16. The molecule has 0 aliphatic carbocycles. The highest BCUT2D eigenvalue weighted by atomic mass is 15.4. The predicted octanol–water partition coefficient (Wildman–Crippen LogP) is 1.19. The number of hydrazine groups is 1. The van der Waals surface area contributed by atoms with E-state index in [2.05, 4.69) is 20.1 Å². The van der Waals surface area contributed by atoms with E-state index < -0.39 is 0 Å². The fourth-order valence-corrected chi connectivity index (χ4v) is 0.615. The second-order valence-corrected chi connectivity index (χ2v) is 2.12. The van der Waals surface area contributed by atoms with Gasteiger partial charge in [-0.2, -0.15) is 0 Å². The smallest absolute Gasteiger partial charge is 0.0339 e. The molecule has 0 aliphatic heterocycles. The second-order valence-electron chi connectivity index (χ2n) is 2.12. The Morgan fingerprint density at radius 3 is 2.27 bits per heavy atom. The lowest BCUT2D eigenvalue weighted by atomic mass is 10.3. The number of rotatable bonds is 3. The van der Waals surface area contributed by atoms with Gasteiger partial charge in [-0.25, -0.2) is 5.84 Å². The van der Waals surface area contributed by atoms with E-state index in [1.54, 1.807) is 13.2 Å². The van der Waals surface area contributed by atoms with E-state index in [1.165, 1.54) is 5.01 Å². The number of hydrogen-bond acceptors (Lipinski definition) is 3. The zero-order valence-electron chi connectivity index (χ0n) is 7.51. The molecule has 0 bridgehead atoms. The van der Waals surface area contributed by atoms with E-state index in [4.69, 9.17) is 11.6 Å². The molecule has 0 radical (unpaired) electrons. The van der Waals surface area contributed by atoms with E-state index in [1.807, 2.05) is 0 Å². The zero-order valence-corrected chi connectivity index (χ0v) is 7.51. The molecular weight excluding hydrogens is 138 g/mol. The maximum Gasteiger partial charge on any atom is 0.0339 e. The lowest BCUT2D eigenvalue weighted by Crippen LogP contribution is -2.20. The minimum absolute atomic E-state index is 0.836. The highest BCUT2D eigenvalue weighted by Crippen LogP contribution is 1.95. The first-order valence-corrected chi connectivity index (χ1v) is 3.60. The van der Waals surface area contributed by atoms with Crippen LogP contribution in [0.1, 0.15) is 19.8 Å². The summed E-state index contributed by atoms with van der Waals surface area (Å²) in [5.41, 5.74) is 6.36. The molecule has 0 aliphatic rings. The normalized spacial score (nSPS) is 9.91. The molecule has 0 aromatic heterocycles. The summed E-state index contributed by atoms with van der Waals surface area (Å²) in [5, 5.41) is 1.46. The van der Waals surface area contributed by atoms with Crippen LogP contribution in [0.15, 0.2) is 25.1 Å². The Labute approximate surface area is 69.3 Å². The van der Waals surface area contributed by atoms with Gasteiger partial charge in [0.2, 0.25) is 0 Å². The van der Waals surface area contributed by atoms with Crippen molar-refractivity contribution in [3.63, 3.8) is 0 Å². The summed E-state index contributed by atoms with van der Waals surface area (Å²) in [4.78, 5) is 0. The Hall–Kier alpha value is -0.960. The average molecular weight is 157 g/mol. The lowest BCUT2D eigenvalue weighted by molar-refractivity contribution is 0.477. The van der Waals surface area contributed by atoms with Gasteiger partial charge in [-0.15, -0.1) is 13.2 Å². The van der Waals surface area contributed by atoms with Crippen LogP contribution in [0.3, 0.4) is 0 Å². The van der Waals surface area contributed by atoms with Gasteiger partial charge in [0.25, 0.3) is 0 Å². The van der Waals surface area contributed by atoms with Crippen LogP contribution in [-0.4, -0.2) is 12.1 Å². The molecule has 3 nitrogen and oxygen atoms in total. The van der Waals surface area contributed by atoms with Gasteiger partial charge in [-0.05, 0) is 6.42 Å². The monoisotopic (exact) mass is 157 g/mol. The maximum atomic E-state index is 5.52. The van der Waals surface area contributed by atoms with E-state index in [9.17, 15) is 0 Å². The summed E-state index contributed by atoms with van der Waals surface area (Å²) in [6, 6.07) is 0. The van der Waals surface area contributed by atoms with Gasteiger partial charge in [0.15, 0.2) is 0 Å². The number of hydrogen-bond donors (Lipinski definition) is 2. The Morgan fingerprint density at radius 1 is 1.55 bits per heavy atom. The Morgan fingerprint density at radius 2 is 2.00 bits per heavy atom. The zero-order chi connectivity index (χ0) is 9.28. The van der Waals surface area contributed by atoms with Gasteiger partial charge in [0, 0.05) is 18.9 Å². The molecule has 4 N–H and O–H groups in total. The Bertz CT molecular complexity index is 108. The first kappa shape index (κ1) is 12.7. The minimum Gasteiger partial charge on any atom is -0.401 e. The molecule has 0 atom stereocenters. The van der Waals surface area contributed by atoms with Crippen molar-refractivity contribution in [1.82, 2.24) is 5.01 Å². The molecule has 3 heteroatoms. The fourth-order valence-electron chi connectivity index (χ4n) is 0.615. The third-order valence-corrected chi connectivity index (χ3v) is 0.908. The first-order valence-electron chi connectivity index (χ1n) is 3.60. The average Bonchev–Trinajstić information content (AvgIpc) is 1.91. The van der Waals surface area contributed by atoms with Gasteiger partial charge in [0.1, 0.15) is 0 Å². The number of nitrogens with two attached hydrogens (primary N) is 2. The van der Waals surface area contributed by atoms with Gasteiger partial charge < -0.3 is 10.7 Å². The van der Waals surface area contributed by atoms with Crippen molar-refractivity contribution in [2.24, 2.45) is 11.6 Å². The van der Waals surface area contributed by atoms with Crippen molar-refractivity contribution in [2.75, 3.05) is 7.05 Å². The molecule has 0 rings (SSSR count). The van der Waals surface area contributed by atoms with Crippen LogP contribution in [0.2, 0.25) is 0 Å². The van der Waals surface area contributed by atoms with Gasteiger partial charge >= 0.3 is 0 Å². The van der Waals surface area contributed by atoms with E-state index in [-0.39, 0.29) is 0 Å². The van der Waals surface area contributed by atoms with Gasteiger partial charge in [-0.3, -0.25) is 0 Å². The van der Waals surface area contributed by atoms with Crippen LogP contribution in [0.5, 0.6) is 0 Å². The minimum atomic E-state index is 0.836. The van der Waals surface area contributed by atoms with Crippen molar-refractivity contribution in [3.8, 4) is 0 Å². The molecule has 0 spiro atoms. The molecule has 66 valence electrons. The molecule has 11 heavy (non-hydrogen) atoms. The maximum absolute atomic E-state index is 5.52. The SMILES string of the molecule is C=C.CCC/C(N)=C/N(C)N. The van der Waals surface area contributed by atoms with Crippen LogP contribution in [-0.2, 0) is 0 Å². The van der Waals surface area contributed by atoms with Gasteiger partial charge in [0.05, 0.1) is 0 Å². The van der Waals surface area contributed by atoms with E-state index >= 15 is 0 Å². The van der Waals surface area contributed by atoms with E-state index in [0.29, 0.717) is 0 Å². The summed E-state index contributed by atoms with van der Waals surface area (Å²) in [5.74, 6) is 5.30. The highest BCUT2D eigenvalue weighted by Gasteiger charge is 1.86. The molecule has 0 aromatic carbocycles. The number of nitrogens with zero attached hydrogens (tertiary/aromatic N) is 1. The summed E-state index contributed by atoms with van der Waals surface area (Å²) >= 11 is 0.